The number of fused-ring (bicyclic) bond motifs is 1. The smallest absolute Gasteiger partial charge is 0.0925 e. The van der Waals surface area contributed by atoms with Crippen LogP contribution in [-0.2, 0) is 0 Å². The third kappa shape index (κ3) is 1.85. The van der Waals surface area contributed by atoms with Crippen LogP contribution in [0.15, 0.2) is 64.1 Å². The lowest BCUT2D eigenvalue weighted by atomic mass is 10.0. The highest BCUT2D eigenvalue weighted by Crippen LogP contribution is 2.47. The second-order valence-electron chi connectivity index (χ2n) is 5.01. The molecule has 0 spiro atoms. The molecule has 2 heterocycles. The summed E-state index contributed by atoms with van der Waals surface area (Å²) >= 11 is 3.49. The summed E-state index contributed by atoms with van der Waals surface area (Å²) < 4.78 is 1.13. The maximum absolute atomic E-state index is 4.66. The first-order chi connectivity index (χ1) is 9.34. The normalized spacial score (nSPS) is 27.8. The molecule has 0 N–H and O–H groups in total. The molecule has 19 heavy (non-hydrogen) atoms. The fourth-order valence-electron chi connectivity index (χ4n) is 2.91. The van der Waals surface area contributed by atoms with Gasteiger partial charge in [-0.2, -0.15) is 0 Å². The van der Waals surface area contributed by atoms with Gasteiger partial charge < -0.3 is 0 Å². The van der Waals surface area contributed by atoms with E-state index in [4.69, 9.17) is 0 Å². The number of nitrogens with zero attached hydrogens (tertiary/aromatic N) is 2. The van der Waals surface area contributed by atoms with Crippen LogP contribution in [0.4, 0.5) is 0 Å². The van der Waals surface area contributed by atoms with Gasteiger partial charge in [-0.15, -0.1) is 0 Å². The molecule has 4 rings (SSSR count). The summed E-state index contributed by atoms with van der Waals surface area (Å²) in [6.07, 6.45) is 0. The fraction of sp³-hybridized carbons (Fsp3) is 0.188. The van der Waals surface area contributed by atoms with Crippen LogP contribution in [-0.4, -0.2) is 23.3 Å². The molecule has 2 nitrogen and oxygen atoms in total. The summed E-state index contributed by atoms with van der Waals surface area (Å²) in [7, 11) is 0. The standard InChI is InChI=1S/C16H13BrN2/c17-13-8-6-12(7-9-13)15-16-14(18-10-19(15)16)11-4-2-1-3-5-11/h1-9,15-16H,10H2. The molecule has 2 aliphatic rings. The van der Waals surface area contributed by atoms with E-state index in [0.717, 1.165) is 11.1 Å². The van der Waals surface area contributed by atoms with Crippen molar-refractivity contribution < 1.29 is 0 Å². The minimum absolute atomic E-state index is 0.476. The van der Waals surface area contributed by atoms with Crippen LogP contribution in [0.1, 0.15) is 17.2 Å². The average molecular weight is 313 g/mol. The molecule has 2 aromatic rings. The monoisotopic (exact) mass is 312 g/mol. The Hall–Kier alpha value is -1.45. The van der Waals surface area contributed by atoms with Crippen molar-refractivity contribution in [1.29, 1.82) is 0 Å². The molecule has 3 unspecified atom stereocenters. The van der Waals surface area contributed by atoms with Crippen molar-refractivity contribution in [3.8, 4) is 0 Å². The second-order valence-corrected chi connectivity index (χ2v) is 5.92. The Labute approximate surface area is 120 Å². The number of aliphatic imine (C=N–C) groups is 1. The van der Waals surface area contributed by atoms with Gasteiger partial charge in [0.1, 0.15) is 0 Å². The van der Waals surface area contributed by atoms with Crippen LogP contribution in [0.3, 0.4) is 0 Å². The maximum Gasteiger partial charge on any atom is 0.0925 e. The van der Waals surface area contributed by atoms with E-state index in [1.165, 1.54) is 16.8 Å². The van der Waals surface area contributed by atoms with E-state index in [1.807, 2.05) is 0 Å². The molecule has 0 saturated carbocycles. The lowest BCUT2D eigenvalue weighted by molar-refractivity contribution is 0.539. The Kier molecular flexibility index (Phi) is 2.57. The number of benzene rings is 2. The summed E-state index contributed by atoms with van der Waals surface area (Å²) in [6, 6.07) is 20.1. The Balaban J connectivity index is 1.62. The highest BCUT2D eigenvalue weighted by molar-refractivity contribution is 9.10. The van der Waals surface area contributed by atoms with Crippen LogP contribution < -0.4 is 0 Å². The first-order valence-electron chi connectivity index (χ1n) is 6.45. The topological polar surface area (TPSA) is 15.4 Å². The molecule has 94 valence electrons. The predicted octanol–water partition coefficient (Wildman–Crippen LogP) is 3.63. The quantitative estimate of drug-likeness (QED) is 0.773. The van der Waals surface area contributed by atoms with Crippen molar-refractivity contribution in [3.63, 3.8) is 0 Å². The zero-order valence-corrected chi connectivity index (χ0v) is 11.9. The highest BCUT2D eigenvalue weighted by Gasteiger charge is 2.54. The van der Waals surface area contributed by atoms with Crippen LogP contribution >= 0.6 is 15.9 Å². The van der Waals surface area contributed by atoms with E-state index in [1.54, 1.807) is 0 Å². The van der Waals surface area contributed by atoms with E-state index >= 15 is 0 Å². The van der Waals surface area contributed by atoms with Gasteiger partial charge in [-0.05, 0) is 23.3 Å². The molecule has 1 saturated heterocycles. The first-order valence-corrected chi connectivity index (χ1v) is 7.25. The zero-order chi connectivity index (χ0) is 12.8. The van der Waals surface area contributed by atoms with Crippen molar-refractivity contribution in [2.75, 3.05) is 6.67 Å². The number of hydrogen-bond acceptors (Lipinski definition) is 2. The van der Waals surface area contributed by atoms with Crippen molar-refractivity contribution in [1.82, 2.24) is 4.90 Å². The number of rotatable bonds is 2. The minimum atomic E-state index is 0.476. The largest absolute Gasteiger partial charge is 0.272 e. The average Bonchev–Trinajstić information content (AvgIpc) is 3.00. The summed E-state index contributed by atoms with van der Waals surface area (Å²) in [6.45, 7) is 0.829. The summed E-state index contributed by atoms with van der Waals surface area (Å²) in [5.74, 6) is 0. The third-order valence-corrected chi connectivity index (χ3v) is 4.42. The van der Waals surface area contributed by atoms with E-state index < -0.39 is 0 Å². The van der Waals surface area contributed by atoms with Gasteiger partial charge in [0.25, 0.3) is 0 Å². The summed E-state index contributed by atoms with van der Waals surface area (Å²) in [5, 5.41) is 0. The molecule has 0 aromatic heterocycles. The third-order valence-electron chi connectivity index (χ3n) is 3.89. The highest BCUT2D eigenvalue weighted by atomic mass is 79.9. The Morgan fingerprint density at radius 1 is 0.947 bits per heavy atom. The van der Waals surface area contributed by atoms with Gasteiger partial charge in [-0.25, -0.2) is 0 Å². The van der Waals surface area contributed by atoms with Gasteiger partial charge in [0, 0.05) is 4.47 Å². The van der Waals surface area contributed by atoms with Crippen LogP contribution in [0.2, 0.25) is 0 Å². The van der Waals surface area contributed by atoms with E-state index in [2.05, 4.69) is 80.4 Å². The minimum Gasteiger partial charge on any atom is -0.272 e. The van der Waals surface area contributed by atoms with Crippen LogP contribution in [0, 0.1) is 0 Å². The molecule has 2 aliphatic heterocycles. The van der Waals surface area contributed by atoms with Gasteiger partial charge in [0.05, 0.1) is 24.5 Å². The molecule has 2 aromatic carbocycles. The van der Waals surface area contributed by atoms with Crippen molar-refractivity contribution in [3.05, 3.63) is 70.2 Å². The molecule has 0 bridgehead atoms. The lowest BCUT2D eigenvalue weighted by Gasteiger charge is -2.05. The first kappa shape index (κ1) is 11.4. The van der Waals surface area contributed by atoms with E-state index in [-0.39, 0.29) is 0 Å². The summed E-state index contributed by atoms with van der Waals surface area (Å²) in [4.78, 5) is 7.10. The molecular formula is C16H13BrN2. The van der Waals surface area contributed by atoms with Crippen molar-refractivity contribution in [2.24, 2.45) is 4.99 Å². The van der Waals surface area contributed by atoms with Gasteiger partial charge >= 0.3 is 0 Å². The van der Waals surface area contributed by atoms with Crippen molar-refractivity contribution >= 4 is 21.6 Å². The number of hydrogen-bond donors (Lipinski definition) is 0. The SMILES string of the molecule is Brc1ccc(C2C3C(c4ccccc4)=NCN32)cc1. The lowest BCUT2D eigenvalue weighted by Crippen LogP contribution is -2.08. The van der Waals surface area contributed by atoms with Crippen LogP contribution in [0.25, 0.3) is 0 Å². The molecule has 0 aliphatic carbocycles. The summed E-state index contributed by atoms with van der Waals surface area (Å²) in [5.41, 5.74) is 3.89. The van der Waals surface area contributed by atoms with Gasteiger partial charge in [-0.3, -0.25) is 9.89 Å². The molecule has 3 heteroatoms. The molecule has 0 radical (unpaired) electrons. The number of halogens is 1. The molecule has 3 atom stereocenters. The Morgan fingerprint density at radius 2 is 1.68 bits per heavy atom. The predicted molar refractivity (Wildman–Crippen MR) is 80.4 cm³/mol. The Bertz CT molecular complexity index is 634. The second kappa shape index (κ2) is 4.29. The van der Waals surface area contributed by atoms with Gasteiger partial charge in [0.2, 0.25) is 0 Å². The molecule has 1 fully saturated rings. The fourth-order valence-corrected chi connectivity index (χ4v) is 3.18. The zero-order valence-electron chi connectivity index (χ0n) is 10.3. The van der Waals surface area contributed by atoms with E-state index in [9.17, 15) is 0 Å². The molecular weight excluding hydrogens is 300 g/mol. The van der Waals surface area contributed by atoms with Gasteiger partial charge in [-0.1, -0.05) is 58.4 Å². The molecule has 0 amide bonds. The maximum atomic E-state index is 4.66. The van der Waals surface area contributed by atoms with Gasteiger partial charge in [0.15, 0.2) is 0 Å². The van der Waals surface area contributed by atoms with E-state index in [0.29, 0.717) is 12.1 Å². The van der Waals surface area contributed by atoms with Crippen molar-refractivity contribution in [2.45, 2.75) is 12.1 Å². The Morgan fingerprint density at radius 3 is 2.42 bits per heavy atom. The van der Waals surface area contributed by atoms with Crippen LogP contribution in [0.5, 0.6) is 0 Å².